The van der Waals surface area contributed by atoms with Crippen molar-refractivity contribution in [2.45, 2.75) is 19.8 Å². The second-order valence-electron chi connectivity index (χ2n) is 8.19. The van der Waals surface area contributed by atoms with Gasteiger partial charge in [-0.25, -0.2) is 4.98 Å². The van der Waals surface area contributed by atoms with E-state index in [-0.39, 0.29) is 5.91 Å². The number of halogens is 2. The molecule has 0 aliphatic rings. The van der Waals surface area contributed by atoms with Gasteiger partial charge in [0.05, 0.1) is 10.7 Å². The molecule has 5 rings (SSSR count). The van der Waals surface area contributed by atoms with Gasteiger partial charge < -0.3 is 9.73 Å². The molecule has 0 fully saturated rings. The molecule has 1 N–H and O–H groups in total. The van der Waals surface area contributed by atoms with Gasteiger partial charge in [0, 0.05) is 21.5 Å². The first kappa shape index (κ1) is 21.5. The molecule has 0 atom stereocenters. The van der Waals surface area contributed by atoms with Crippen LogP contribution in [0.25, 0.3) is 33.3 Å². The molecule has 0 unspecified atom stereocenters. The summed E-state index contributed by atoms with van der Waals surface area (Å²) in [5.41, 5.74) is 4.41. The summed E-state index contributed by atoms with van der Waals surface area (Å²) in [6, 6.07) is 22.3. The number of aromatic nitrogens is 1. The molecule has 5 aromatic rings. The molecule has 0 aliphatic carbocycles. The number of fused-ring (bicyclic) bond motifs is 2. The number of anilines is 1. The number of nitrogens with zero attached hydrogens (tertiary/aromatic N) is 1. The Bertz CT molecular complexity index is 1520. The maximum absolute atomic E-state index is 13.1. The summed E-state index contributed by atoms with van der Waals surface area (Å²) in [6.45, 7) is 4.28. The molecule has 6 heteroatoms. The minimum Gasteiger partial charge on any atom is -0.436 e. The predicted molar refractivity (Wildman–Crippen MR) is 135 cm³/mol. The molecule has 0 saturated carbocycles. The van der Waals surface area contributed by atoms with Gasteiger partial charge in [-0.2, -0.15) is 0 Å². The van der Waals surface area contributed by atoms with Gasteiger partial charge in [-0.15, -0.1) is 0 Å². The van der Waals surface area contributed by atoms with Crippen LogP contribution in [0.5, 0.6) is 0 Å². The van der Waals surface area contributed by atoms with Gasteiger partial charge in [0.1, 0.15) is 5.52 Å². The van der Waals surface area contributed by atoms with Gasteiger partial charge in [-0.1, -0.05) is 67.4 Å². The summed E-state index contributed by atoms with van der Waals surface area (Å²) < 4.78 is 5.96. The van der Waals surface area contributed by atoms with Crippen molar-refractivity contribution < 1.29 is 9.21 Å². The molecule has 164 valence electrons. The summed E-state index contributed by atoms with van der Waals surface area (Å²) in [4.78, 5) is 17.8. The van der Waals surface area contributed by atoms with Crippen LogP contribution in [-0.4, -0.2) is 10.9 Å². The SMILES string of the molecule is CC(C)c1ccc2oc(-c3ccc(Cl)c(NC(=O)c4cccc5c(Cl)cccc45)c3)nc2c1. The van der Waals surface area contributed by atoms with Gasteiger partial charge in [0.25, 0.3) is 5.91 Å². The highest BCUT2D eigenvalue weighted by Gasteiger charge is 2.16. The lowest BCUT2D eigenvalue weighted by molar-refractivity contribution is 0.102. The van der Waals surface area contributed by atoms with Gasteiger partial charge in [0.2, 0.25) is 5.89 Å². The fourth-order valence-corrected chi connectivity index (χ4v) is 4.24. The Balaban J connectivity index is 1.49. The molecular formula is C27H20Cl2N2O2. The average Bonchev–Trinajstić information content (AvgIpc) is 3.24. The second-order valence-corrected chi connectivity index (χ2v) is 9.00. The smallest absolute Gasteiger partial charge is 0.256 e. The molecular weight excluding hydrogens is 455 g/mol. The van der Waals surface area contributed by atoms with Gasteiger partial charge in [-0.05, 0) is 59.3 Å². The standard InChI is InChI=1S/C27H20Cl2N2O2/c1-15(2)16-10-12-25-24(13-16)31-27(33-25)17-9-11-22(29)23(14-17)30-26(32)20-7-3-6-19-18(20)5-4-8-21(19)28/h3-15H,1-2H3,(H,30,32). The molecule has 1 aromatic heterocycles. The van der Waals surface area contributed by atoms with E-state index in [2.05, 4.69) is 24.1 Å². The van der Waals surface area contributed by atoms with Crippen molar-refractivity contribution in [1.29, 1.82) is 0 Å². The Morgan fingerprint density at radius 3 is 2.52 bits per heavy atom. The van der Waals surface area contributed by atoms with Crippen molar-refractivity contribution in [3.8, 4) is 11.5 Å². The maximum Gasteiger partial charge on any atom is 0.256 e. The molecule has 1 heterocycles. The summed E-state index contributed by atoms with van der Waals surface area (Å²) >= 11 is 12.7. The minimum atomic E-state index is -0.277. The van der Waals surface area contributed by atoms with E-state index in [0.29, 0.717) is 38.7 Å². The highest BCUT2D eigenvalue weighted by molar-refractivity contribution is 6.36. The fourth-order valence-electron chi connectivity index (χ4n) is 3.84. The normalized spacial score (nSPS) is 11.4. The third-order valence-corrected chi connectivity index (χ3v) is 6.31. The summed E-state index contributed by atoms with van der Waals surface area (Å²) in [5.74, 6) is 0.590. The summed E-state index contributed by atoms with van der Waals surface area (Å²) in [7, 11) is 0. The van der Waals surface area contributed by atoms with Crippen LogP contribution in [0.2, 0.25) is 10.0 Å². The van der Waals surface area contributed by atoms with E-state index in [1.165, 1.54) is 5.56 Å². The summed E-state index contributed by atoms with van der Waals surface area (Å²) in [6.07, 6.45) is 0. The molecule has 0 bridgehead atoms. The molecule has 4 aromatic carbocycles. The number of carbonyl (C=O) groups excluding carboxylic acids is 1. The number of nitrogens with one attached hydrogen (secondary N) is 1. The molecule has 1 amide bonds. The third-order valence-electron chi connectivity index (χ3n) is 5.65. The van der Waals surface area contributed by atoms with Crippen LogP contribution >= 0.6 is 23.2 Å². The van der Waals surface area contributed by atoms with Crippen molar-refractivity contribution in [3.05, 3.63) is 94.0 Å². The fraction of sp³-hybridized carbons (Fsp3) is 0.111. The number of hydrogen-bond acceptors (Lipinski definition) is 3. The average molecular weight is 475 g/mol. The Kier molecular flexibility index (Phi) is 5.57. The van der Waals surface area contributed by atoms with Crippen molar-refractivity contribution in [1.82, 2.24) is 4.98 Å². The first-order chi connectivity index (χ1) is 15.9. The molecule has 4 nitrogen and oxygen atoms in total. The monoisotopic (exact) mass is 474 g/mol. The topological polar surface area (TPSA) is 55.1 Å². The lowest BCUT2D eigenvalue weighted by Crippen LogP contribution is -2.12. The molecule has 0 spiro atoms. The lowest BCUT2D eigenvalue weighted by Gasteiger charge is -2.11. The van der Waals surface area contributed by atoms with E-state index in [1.54, 1.807) is 24.3 Å². The van der Waals surface area contributed by atoms with Crippen LogP contribution in [0.3, 0.4) is 0 Å². The van der Waals surface area contributed by atoms with E-state index < -0.39 is 0 Å². The Hall–Kier alpha value is -3.34. The van der Waals surface area contributed by atoms with Crippen molar-refractivity contribution in [2.75, 3.05) is 5.32 Å². The molecule has 0 saturated heterocycles. The van der Waals surface area contributed by atoms with Gasteiger partial charge in [-0.3, -0.25) is 4.79 Å². The maximum atomic E-state index is 13.1. The minimum absolute atomic E-state index is 0.277. The number of hydrogen-bond donors (Lipinski definition) is 1. The van der Waals surface area contributed by atoms with Crippen LogP contribution in [0, 0.1) is 0 Å². The highest BCUT2D eigenvalue weighted by atomic mass is 35.5. The number of carbonyl (C=O) groups is 1. The largest absolute Gasteiger partial charge is 0.436 e. The quantitative estimate of drug-likeness (QED) is 0.284. The Labute approximate surface area is 201 Å². The highest BCUT2D eigenvalue weighted by Crippen LogP contribution is 2.32. The van der Waals surface area contributed by atoms with E-state index >= 15 is 0 Å². The van der Waals surface area contributed by atoms with Crippen LogP contribution in [0.1, 0.15) is 35.7 Å². The van der Waals surface area contributed by atoms with Crippen LogP contribution in [0.15, 0.2) is 77.2 Å². The third kappa shape index (κ3) is 4.08. The first-order valence-corrected chi connectivity index (χ1v) is 11.4. The van der Waals surface area contributed by atoms with E-state index in [4.69, 9.17) is 27.6 Å². The van der Waals surface area contributed by atoms with Gasteiger partial charge >= 0.3 is 0 Å². The lowest BCUT2D eigenvalue weighted by atomic mass is 10.0. The van der Waals surface area contributed by atoms with Crippen molar-refractivity contribution in [2.24, 2.45) is 0 Å². The number of benzene rings is 4. The van der Waals surface area contributed by atoms with E-state index in [9.17, 15) is 4.79 Å². The van der Waals surface area contributed by atoms with Crippen LogP contribution in [-0.2, 0) is 0 Å². The van der Waals surface area contributed by atoms with Crippen molar-refractivity contribution in [3.63, 3.8) is 0 Å². The van der Waals surface area contributed by atoms with E-state index in [1.807, 2.05) is 48.5 Å². The molecule has 0 aliphatic heterocycles. The Morgan fingerprint density at radius 1 is 0.909 bits per heavy atom. The summed E-state index contributed by atoms with van der Waals surface area (Å²) in [5, 5.41) is 5.53. The number of rotatable bonds is 4. The van der Waals surface area contributed by atoms with Gasteiger partial charge in [0.15, 0.2) is 5.58 Å². The van der Waals surface area contributed by atoms with Crippen LogP contribution in [0.4, 0.5) is 5.69 Å². The molecule has 33 heavy (non-hydrogen) atoms. The zero-order chi connectivity index (χ0) is 23.1. The zero-order valence-corrected chi connectivity index (χ0v) is 19.5. The predicted octanol–water partition coefficient (Wildman–Crippen LogP) is 8.33. The second kappa shape index (κ2) is 8.54. The Morgan fingerprint density at radius 2 is 1.70 bits per heavy atom. The molecule has 0 radical (unpaired) electrons. The number of amides is 1. The zero-order valence-electron chi connectivity index (χ0n) is 18.0. The van der Waals surface area contributed by atoms with Crippen molar-refractivity contribution >= 4 is 56.7 Å². The first-order valence-electron chi connectivity index (χ1n) is 10.6. The van der Waals surface area contributed by atoms with Crippen LogP contribution < -0.4 is 5.32 Å². The van der Waals surface area contributed by atoms with E-state index in [0.717, 1.165) is 21.9 Å². The number of oxazole rings is 1.